The minimum atomic E-state index is -3.84. The van der Waals surface area contributed by atoms with Gasteiger partial charge in [-0.2, -0.15) is 0 Å². The van der Waals surface area contributed by atoms with Crippen molar-refractivity contribution in [1.29, 1.82) is 0 Å². The molecule has 0 aromatic heterocycles. The molecule has 0 bridgehead atoms. The SMILES string of the molecule is C[C@@H](C(=O)Nc1cccc(S(N)(=O)=O)c1)N1CCO[C@H](C(=O)C2CC2)C1. The lowest BCUT2D eigenvalue weighted by atomic mass is 10.1. The molecule has 1 aliphatic carbocycles. The summed E-state index contributed by atoms with van der Waals surface area (Å²) in [5.41, 5.74) is 0.354. The number of sulfonamides is 1. The molecule has 0 radical (unpaired) electrons. The van der Waals surface area contributed by atoms with Crippen LogP contribution in [0, 0.1) is 5.92 Å². The normalized spacial score (nSPS) is 22.6. The standard InChI is InChI=1S/C17H23N3O5S/c1-11(20-7-8-25-15(10-20)16(21)12-5-6-12)17(22)19-13-3-2-4-14(9-13)26(18,23)24/h2-4,9,11-12,15H,5-8,10H2,1H3,(H,19,22)(H2,18,23,24)/t11-,15-/m0/s1. The fourth-order valence-corrected chi connectivity index (χ4v) is 3.55. The van der Waals surface area contributed by atoms with Crippen molar-refractivity contribution < 1.29 is 22.7 Å². The van der Waals surface area contributed by atoms with E-state index in [9.17, 15) is 18.0 Å². The van der Waals surface area contributed by atoms with Crippen molar-refractivity contribution >= 4 is 27.4 Å². The summed E-state index contributed by atoms with van der Waals surface area (Å²) in [7, 11) is -3.84. The fraction of sp³-hybridized carbons (Fsp3) is 0.529. The minimum Gasteiger partial charge on any atom is -0.368 e. The summed E-state index contributed by atoms with van der Waals surface area (Å²) in [6, 6.07) is 5.31. The van der Waals surface area contributed by atoms with E-state index in [0.717, 1.165) is 12.8 Å². The molecule has 0 unspecified atom stereocenters. The molecule has 0 spiro atoms. The van der Waals surface area contributed by atoms with Gasteiger partial charge in [0.2, 0.25) is 15.9 Å². The highest BCUT2D eigenvalue weighted by Crippen LogP contribution is 2.32. The number of hydrogen-bond donors (Lipinski definition) is 2. The molecule has 1 amide bonds. The number of nitrogens with one attached hydrogen (secondary N) is 1. The second-order valence-corrected chi connectivity index (χ2v) is 8.33. The molecule has 26 heavy (non-hydrogen) atoms. The van der Waals surface area contributed by atoms with Crippen molar-refractivity contribution in [3.63, 3.8) is 0 Å². The van der Waals surface area contributed by atoms with Crippen LogP contribution < -0.4 is 10.5 Å². The third-order valence-corrected chi connectivity index (χ3v) is 5.66. The zero-order valence-corrected chi connectivity index (χ0v) is 15.4. The highest BCUT2D eigenvalue weighted by molar-refractivity contribution is 7.89. The van der Waals surface area contributed by atoms with Crippen molar-refractivity contribution in [3.05, 3.63) is 24.3 Å². The van der Waals surface area contributed by atoms with Crippen LogP contribution in [0.15, 0.2) is 29.2 Å². The van der Waals surface area contributed by atoms with Crippen molar-refractivity contribution in [2.24, 2.45) is 11.1 Å². The molecule has 1 saturated carbocycles. The molecule has 142 valence electrons. The second-order valence-electron chi connectivity index (χ2n) is 6.77. The highest BCUT2D eigenvalue weighted by Gasteiger charge is 2.39. The fourth-order valence-electron chi connectivity index (χ4n) is 2.99. The van der Waals surface area contributed by atoms with Gasteiger partial charge in [-0.05, 0) is 38.0 Å². The maximum Gasteiger partial charge on any atom is 0.241 e. The third-order valence-electron chi connectivity index (χ3n) is 4.75. The number of nitrogens with two attached hydrogens (primary N) is 1. The molecule has 1 saturated heterocycles. The number of ketones is 1. The number of carbonyl (C=O) groups is 2. The number of benzene rings is 1. The Morgan fingerprint density at radius 1 is 1.35 bits per heavy atom. The van der Waals surface area contributed by atoms with Crippen LogP contribution in [0.25, 0.3) is 0 Å². The first kappa shape index (κ1) is 19.0. The Labute approximate surface area is 152 Å². The van der Waals surface area contributed by atoms with E-state index in [0.29, 0.717) is 25.4 Å². The number of nitrogens with zero attached hydrogens (tertiary/aromatic N) is 1. The van der Waals surface area contributed by atoms with Crippen molar-refractivity contribution in [2.75, 3.05) is 25.0 Å². The van der Waals surface area contributed by atoms with E-state index in [4.69, 9.17) is 9.88 Å². The van der Waals surface area contributed by atoms with Crippen LogP contribution in [0.4, 0.5) is 5.69 Å². The zero-order chi connectivity index (χ0) is 18.9. The summed E-state index contributed by atoms with van der Waals surface area (Å²) >= 11 is 0. The van der Waals surface area contributed by atoms with E-state index in [1.165, 1.54) is 18.2 Å². The quantitative estimate of drug-likeness (QED) is 0.733. The van der Waals surface area contributed by atoms with Crippen LogP contribution in [-0.4, -0.2) is 56.9 Å². The third kappa shape index (κ3) is 4.47. The van der Waals surface area contributed by atoms with Gasteiger partial charge >= 0.3 is 0 Å². The average Bonchev–Trinajstić information content (AvgIpc) is 3.45. The molecule has 3 rings (SSSR count). The summed E-state index contributed by atoms with van der Waals surface area (Å²) in [6.45, 7) is 3.10. The number of amides is 1. The van der Waals surface area contributed by atoms with Crippen LogP contribution in [0.1, 0.15) is 19.8 Å². The molecule has 9 heteroatoms. The van der Waals surface area contributed by atoms with Crippen molar-refractivity contribution in [2.45, 2.75) is 36.8 Å². The van der Waals surface area contributed by atoms with Gasteiger partial charge in [0.25, 0.3) is 0 Å². The lowest BCUT2D eigenvalue weighted by Crippen LogP contribution is -2.53. The Morgan fingerprint density at radius 3 is 2.73 bits per heavy atom. The number of anilines is 1. The summed E-state index contributed by atoms with van der Waals surface area (Å²) < 4.78 is 28.4. The number of carbonyl (C=O) groups excluding carboxylic acids is 2. The predicted molar refractivity (Wildman–Crippen MR) is 95.0 cm³/mol. The number of primary sulfonamides is 1. The molecule has 8 nitrogen and oxygen atoms in total. The highest BCUT2D eigenvalue weighted by atomic mass is 32.2. The van der Waals surface area contributed by atoms with Gasteiger partial charge in [-0.1, -0.05) is 6.07 Å². The number of ether oxygens (including phenoxy) is 1. The summed E-state index contributed by atoms with van der Waals surface area (Å²) in [5, 5.41) is 7.82. The molecule has 1 aromatic carbocycles. The van der Waals surface area contributed by atoms with E-state index >= 15 is 0 Å². The monoisotopic (exact) mass is 381 g/mol. The molecule has 2 aliphatic rings. The van der Waals surface area contributed by atoms with Gasteiger partial charge in [0, 0.05) is 24.7 Å². The van der Waals surface area contributed by atoms with Crippen LogP contribution in [0.5, 0.6) is 0 Å². The molecule has 1 heterocycles. The van der Waals surface area contributed by atoms with Crippen LogP contribution in [-0.2, 0) is 24.3 Å². The number of morpholine rings is 1. The summed E-state index contributed by atoms with van der Waals surface area (Å²) in [5.74, 6) is -0.0377. The van der Waals surface area contributed by atoms with Gasteiger partial charge in [0.05, 0.1) is 17.5 Å². The number of Topliss-reactive ketones (excluding diaryl/α,β-unsaturated/α-hetero) is 1. The van der Waals surface area contributed by atoms with Crippen molar-refractivity contribution in [1.82, 2.24) is 4.90 Å². The Bertz CT molecular complexity index is 806. The molecule has 1 aromatic rings. The zero-order valence-electron chi connectivity index (χ0n) is 14.6. The molecule has 1 aliphatic heterocycles. The Balaban J connectivity index is 1.63. The van der Waals surface area contributed by atoms with E-state index < -0.39 is 22.2 Å². The Hall–Kier alpha value is -1.81. The van der Waals surface area contributed by atoms with Gasteiger partial charge in [0.1, 0.15) is 6.10 Å². The first-order valence-electron chi connectivity index (χ1n) is 8.59. The molecule has 2 fully saturated rings. The molecule has 3 N–H and O–H groups in total. The van der Waals surface area contributed by atoms with Gasteiger partial charge < -0.3 is 10.1 Å². The summed E-state index contributed by atoms with van der Waals surface area (Å²) in [4.78, 5) is 26.6. The maximum absolute atomic E-state index is 12.5. The first-order valence-corrected chi connectivity index (χ1v) is 10.1. The molecular formula is C17H23N3O5S. The van der Waals surface area contributed by atoms with Gasteiger partial charge in [-0.15, -0.1) is 0 Å². The van der Waals surface area contributed by atoms with Crippen LogP contribution in [0.3, 0.4) is 0 Å². The molecular weight excluding hydrogens is 358 g/mol. The van der Waals surface area contributed by atoms with E-state index in [1.54, 1.807) is 13.0 Å². The number of rotatable bonds is 6. The molecule has 2 atom stereocenters. The van der Waals surface area contributed by atoms with Gasteiger partial charge in [0.15, 0.2) is 5.78 Å². The Kier molecular flexibility index (Phi) is 5.42. The Morgan fingerprint density at radius 2 is 2.08 bits per heavy atom. The topological polar surface area (TPSA) is 119 Å². The lowest BCUT2D eigenvalue weighted by Gasteiger charge is -2.35. The largest absolute Gasteiger partial charge is 0.368 e. The first-order chi connectivity index (χ1) is 12.3. The van der Waals surface area contributed by atoms with Crippen molar-refractivity contribution in [3.8, 4) is 0 Å². The smallest absolute Gasteiger partial charge is 0.241 e. The van der Waals surface area contributed by atoms with E-state index in [1.807, 2.05) is 4.90 Å². The predicted octanol–water partition coefficient (Wildman–Crippen LogP) is 0.341. The van der Waals surface area contributed by atoms with Gasteiger partial charge in [-0.25, -0.2) is 13.6 Å². The van der Waals surface area contributed by atoms with Gasteiger partial charge in [-0.3, -0.25) is 14.5 Å². The number of hydrogen-bond acceptors (Lipinski definition) is 6. The summed E-state index contributed by atoms with van der Waals surface area (Å²) in [6.07, 6.45) is 1.38. The minimum absolute atomic E-state index is 0.0654. The maximum atomic E-state index is 12.5. The van der Waals surface area contributed by atoms with E-state index in [-0.39, 0.29) is 22.5 Å². The van der Waals surface area contributed by atoms with Crippen LogP contribution >= 0.6 is 0 Å². The van der Waals surface area contributed by atoms with Crippen LogP contribution in [0.2, 0.25) is 0 Å². The second kappa shape index (κ2) is 7.43. The lowest BCUT2D eigenvalue weighted by molar-refractivity contribution is -0.141. The average molecular weight is 381 g/mol. The van der Waals surface area contributed by atoms with E-state index in [2.05, 4.69) is 5.32 Å².